The van der Waals surface area contributed by atoms with Gasteiger partial charge in [-0.05, 0) is 76.5 Å². The molecule has 2 aromatic rings. The van der Waals surface area contributed by atoms with E-state index in [-0.39, 0.29) is 11.9 Å². The number of rotatable bonds is 3. The van der Waals surface area contributed by atoms with Crippen molar-refractivity contribution < 1.29 is 4.39 Å². The van der Waals surface area contributed by atoms with Gasteiger partial charge in [0.15, 0.2) is 0 Å². The fraction of sp³-hybridized carbons (Fsp3) is 0.143. The smallest absolute Gasteiger partial charge is 0.123 e. The normalized spacial score (nSPS) is 12.5. The zero-order chi connectivity index (χ0) is 14.0. The zero-order valence-electron chi connectivity index (χ0n) is 10.3. The number of nitrogens with one attached hydrogen (secondary N) is 1. The van der Waals surface area contributed by atoms with E-state index in [9.17, 15) is 4.39 Å². The van der Waals surface area contributed by atoms with E-state index in [0.29, 0.717) is 0 Å². The Labute approximate surface area is 133 Å². The van der Waals surface area contributed by atoms with E-state index in [1.807, 2.05) is 31.2 Å². The molecule has 0 spiro atoms. The summed E-state index contributed by atoms with van der Waals surface area (Å²) >= 11 is 5.70. The molecule has 1 unspecified atom stereocenters. The summed E-state index contributed by atoms with van der Waals surface area (Å²) in [4.78, 5) is 0. The van der Waals surface area contributed by atoms with Gasteiger partial charge in [-0.1, -0.05) is 22.0 Å². The molecule has 0 heterocycles. The molecule has 0 saturated carbocycles. The summed E-state index contributed by atoms with van der Waals surface area (Å²) in [6, 6.07) is 10.7. The van der Waals surface area contributed by atoms with Gasteiger partial charge in [0, 0.05) is 8.04 Å². The Balaban J connectivity index is 2.52. The lowest BCUT2D eigenvalue weighted by Crippen LogP contribution is -2.29. The Hall–Kier alpha value is -0.500. The predicted molar refractivity (Wildman–Crippen MR) is 87.2 cm³/mol. The monoisotopic (exact) mass is 434 g/mol. The highest BCUT2D eigenvalue weighted by Gasteiger charge is 2.16. The molecular formula is C14H13BrFIN2. The third-order valence-electron chi connectivity index (χ3n) is 2.83. The fourth-order valence-corrected chi connectivity index (χ4v) is 3.06. The maximum atomic E-state index is 13.5. The minimum absolute atomic E-state index is 0.237. The maximum Gasteiger partial charge on any atom is 0.123 e. The number of hydrogen-bond donors (Lipinski definition) is 2. The van der Waals surface area contributed by atoms with Crippen molar-refractivity contribution in [3.8, 4) is 0 Å². The van der Waals surface area contributed by atoms with Gasteiger partial charge in [0.05, 0.1) is 6.04 Å². The molecule has 0 aliphatic rings. The van der Waals surface area contributed by atoms with Crippen LogP contribution in [0.15, 0.2) is 40.9 Å². The van der Waals surface area contributed by atoms with Gasteiger partial charge in [0.25, 0.3) is 0 Å². The van der Waals surface area contributed by atoms with Gasteiger partial charge in [-0.15, -0.1) is 0 Å². The second-order valence-corrected chi connectivity index (χ2v) is 6.41. The topological polar surface area (TPSA) is 38.0 Å². The SMILES string of the molecule is Cc1cc(F)cc(C(NN)c2cc(Br)ccc2I)c1. The van der Waals surface area contributed by atoms with Crippen LogP contribution in [-0.2, 0) is 0 Å². The highest BCUT2D eigenvalue weighted by atomic mass is 127. The van der Waals surface area contributed by atoms with Crippen molar-refractivity contribution >= 4 is 38.5 Å². The van der Waals surface area contributed by atoms with E-state index in [1.165, 1.54) is 12.1 Å². The maximum absolute atomic E-state index is 13.5. The number of hydrazine groups is 1. The van der Waals surface area contributed by atoms with Crippen molar-refractivity contribution in [2.24, 2.45) is 5.84 Å². The van der Waals surface area contributed by atoms with Crippen LogP contribution in [0.2, 0.25) is 0 Å². The van der Waals surface area contributed by atoms with Crippen molar-refractivity contribution in [1.29, 1.82) is 0 Å². The molecule has 1 atom stereocenters. The first kappa shape index (κ1) is 14.9. The average molecular weight is 435 g/mol. The second-order valence-electron chi connectivity index (χ2n) is 4.33. The summed E-state index contributed by atoms with van der Waals surface area (Å²) in [5.74, 6) is 5.42. The van der Waals surface area contributed by atoms with Gasteiger partial charge in [-0.25, -0.2) is 9.82 Å². The van der Waals surface area contributed by atoms with Crippen molar-refractivity contribution in [2.75, 3.05) is 0 Å². The summed E-state index contributed by atoms with van der Waals surface area (Å²) in [6.45, 7) is 1.87. The molecule has 100 valence electrons. The Morgan fingerprint density at radius 1 is 1.26 bits per heavy atom. The number of benzene rings is 2. The molecule has 0 bridgehead atoms. The van der Waals surface area contributed by atoms with Crippen LogP contribution in [0.3, 0.4) is 0 Å². The second kappa shape index (κ2) is 6.30. The summed E-state index contributed by atoms with van der Waals surface area (Å²) in [7, 11) is 0. The van der Waals surface area contributed by atoms with Crippen LogP contribution in [0.5, 0.6) is 0 Å². The summed E-state index contributed by atoms with van der Waals surface area (Å²) in [6.07, 6.45) is 0. The molecule has 19 heavy (non-hydrogen) atoms. The fourth-order valence-electron chi connectivity index (χ4n) is 2.03. The molecule has 0 aliphatic heterocycles. The van der Waals surface area contributed by atoms with E-state index in [1.54, 1.807) is 0 Å². The molecule has 5 heteroatoms. The van der Waals surface area contributed by atoms with Crippen LogP contribution in [-0.4, -0.2) is 0 Å². The Kier molecular flexibility index (Phi) is 4.94. The quantitative estimate of drug-likeness (QED) is 0.434. The third kappa shape index (κ3) is 3.53. The van der Waals surface area contributed by atoms with E-state index in [2.05, 4.69) is 43.9 Å². The van der Waals surface area contributed by atoms with Crippen molar-refractivity contribution in [3.05, 3.63) is 66.9 Å². The molecule has 0 aliphatic carbocycles. The first-order chi connectivity index (χ1) is 9.01. The highest BCUT2D eigenvalue weighted by Crippen LogP contribution is 2.29. The molecule has 0 radical (unpaired) electrons. The molecule has 2 nitrogen and oxygen atoms in total. The standard InChI is InChI=1S/C14H13BrFIN2/c1-8-4-9(6-11(16)5-8)14(19-18)12-7-10(15)2-3-13(12)17/h2-7,14,19H,18H2,1H3. The highest BCUT2D eigenvalue weighted by molar-refractivity contribution is 14.1. The third-order valence-corrected chi connectivity index (χ3v) is 4.31. The molecule has 0 amide bonds. The summed E-state index contributed by atoms with van der Waals surface area (Å²) in [5, 5.41) is 0. The van der Waals surface area contributed by atoms with Crippen LogP contribution in [0.1, 0.15) is 22.7 Å². The Morgan fingerprint density at radius 2 is 2.00 bits per heavy atom. The molecule has 0 fully saturated rings. The first-order valence-electron chi connectivity index (χ1n) is 5.69. The molecule has 0 saturated heterocycles. The Bertz CT molecular complexity index is 584. The molecule has 3 N–H and O–H groups in total. The van der Waals surface area contributed by atoms with E-state index in [0.717, 1.165) is 24.7 Å². The number of hydrogen-bond acceptors (Lipinski definition) is 2. The Morgan fingerprint density at radius 3 is 2.63 bits per heavy atom. The molecule has 0 aromatic heterocycles. The van der Waals surface area contributed by atoms with Gasteiger partial charge < -0.3 is 0 Å². The molecule has 2 aromatic carbocycles. The van der Waals surface area contributed by atoms with Gasteiger partial charge in [0.2, 0.25) is 0 Å². The lowest BCUT2D eigenvalue weighted by atomic mass is 9.98. The van der Waals surface area contributed by atoms with Crippen molar-refractivity contribution in [1.82, 2.24) is 5.43 Å². The molecule has 2 rings (SSSR count). The van der Waals surface area contributed by atoms with Crippen LogP contribution in [0.25, 0.3) is 0 Å². The van der Waals surface area contributed by atoms with Crippen molar-refractivity contribution in [2.45, 2.75) is 13.0 Å². The van der Waals surface area contributed by atoms with Gasteiger partial charge in [0.1, 0.15) is 5.82 Å². The average Bonchev–Trinajstić information content (AvgIpc) is 2.33. The molecular weight excluding hydrogens is 422 g/mol. The van der Waals surface area contributed by atoms with E-state index >= 15 is 0 Å². The summed E-state index contributed by atoms with van der Waals surface area (Å²) < 4.78 is 15.6. The van der Waals surface area contributed by atoms with E-state index in [4.69, 9.17) is 5.84 Å². The van der Waals surface area contributed by atoms with Crippen LogP contribution >= 0.6 is 38.5 Å². The van der Waals surface area contributed by atoms with Crippen LogP contribution in [0, 0.1) is 16.3 Å². The van der Waals surface area contributed by atoms with Crippen molar-refractivity contribution in [3.63, 3.8) is 0 Å². The van der Waals surface area contributed by atoms with Gasteiger partial charge in [-0.3, -0.25) is 5.84 Å². The van der Waals surface area contributed by atoms with Crippen LogP contribution in [0.4, 0.5) is 4.39 Å². The minimum Gasteiger partial charge on any atom is -0.271 e. The lowest BCUT2D eigenvalue weighted by molar-refractivity contribution is 0.603. The largest absolute Gasteiger partial charge is 0.271 e. The van der Waals surface area contributed by atoms with Gasteiger partial charge >= 0.3 is 0 Å². The minimum atomic E-state index is -0.250. The lowest BCUT2D eigenvalue weighted by Gasteiger charge is -2.19. The number of aryl methyl sites for hydroxylation is 1. The predicted octanol–water partition coefficient (Wildman–Crippen LogP) is 4.05. The number of nitrogens with two attached hydrogens (primary N) is 1. The number of halogens is 3. The van der Waals surface area contributed by atoms with Crippen LogP contribution < -0.4 is 11.3 Å². The van der Waals surface area contributed by atoms with Gasteiger partial charge in [-0.2, -0.15) is 0 Å². The first-order valence-corrected chi connectivity index (χ1v) is 7.56. The summed E-state index contributed by atoms with van der Waals surface area (Å²) in [5.41, 5.74) is 5.47. The van der Waals surface area contributed by atoms with E-state index < -0.39 is 0 Å². The zero-order valence-corrected chi connectivity index (χ0v) is 14.0.